The first kappa shape index (κ1) is 12.8. The van der Waals surface area contributed by atoms with Gasteiger partial charge in [-0.2, -0.15) is 0 Å². The molecule has 0 spiro atoms. The molecule has 0 atom stereocenters. The van der Waals surface area contributed by atoms with Crippen LogP contribution in [0.4, 0.5) is 8.78 Å². The van der Waals surface area contributed by atoms with E-state index in [4.69, 9.17) is 4.74 Å². The van der Waals surface area contributed by atoms with Crippen LogP contribution in [0.15, 0.2) is 0 Å². The second kappa shape index (κ2) is 4.36. The van der Waals surface area contributed by atoms with Gasteiger partial charge in [0.25, 0.3) is 5.92 Å². The summed E-state index contributed by atoms with van der Waals surface area (Å²) in [5.74, 6) is -2.71. The fraction of sp³-hybridized carbons (Fsp3) is 1.00. The standard InChI is InChI=1S/C10H20F2O/c1-8(2)13-7-10(11,12)6-9(3,4)5/h8H,6-7H2,1-5H3. The Morgan fingerprint density at radius 3 is 1.92 bits per heavy atom. The number of hydrogen-bond donors (Lipinski definition) is 0. The Hall–Kier alpha value is -0.180. The maximum absolute atomic E-state index is 13.2. The lowest BCUT2D eigenvalue weighted by Gasteiger charge is -2.26. The van der Waals surface area contributed by atoms with Crippen LogP contribution >= 0.6 is 0 Å². The van der Waals surface area contributed by atoms with Crippen molar-refractivity contribution in [1.29, 1.82) is 0 Å². The molecule has 0 aromatic rings. The summed E-state index contributed by atoms with van der Waals surface area (Å²) in [6.07, 6.45) is -0.266. The van der Waals surface area contributed by atoms with Crippen LogP contribution in [-0.2, 0) is 4.74 Å². The summed E-state index contributed by atoms with van der Waals surface area (Å²) in [6.45, 7) is 8.45. The number of alkyl halides is 2. The molecular formula is C10H20F2O. The summed E-state index contributed by atoms with van der Waals surface area (Å²) in [5, 5.41) is 0. The zero-order chi connectivity index (χ0) is 10.7. The van der Waals surface area contributed by atoms with Crippen molar-refractivity contribution in [3.05, 3.63) is 0 Å². The fourth-order valence-electron chi connectivity index (χ4n) is 1.12. The molecule has 0 rings (SSSR count). The Morgan fingerprint density at radius 2 is 1.62 bits per heavy atom. The van der Waals surface area contributed by atoms with E-state index in [1.54, 1.807) is 34.6 Å². The average molecular weight is 194 g/mol. The van der Waals surface area contributed by atoms with Crippen LogP contribution in [0.2, 0.25) is 0 Å². The van der Waals surface area contributed by atoms with Crippen LogP contribution in [-0.4, -0.2) is 18.6 Å². The van der Waals surface area contributed by atoms with Gasteiger partial charge in [0, 0.05) is 6.42 Å². The van der Waals surface area contributed by atoms with Crippen molar-refractivity contribution in [3.8, 4) is 0 Å². The van der Waals surface area contributed by atoms with Crippen molar-refractivity contribution in [2.75, 3.05) is 6.61 Å². The normalized spacial score (nSPS) is 13.8. The van der Waals surface area contributed by atoms with E-state index in [0.717, 1.165) is 0 Å². The molecule has 0 aliphatic rings. The van der Waals surface area contributed by atoms with E-state index in [9.17, 15) is 8.78 Å². The highest BCUT2D eigenvalue weighted by Crippen LogP contribution is 2.31. The number of rotatable bonds is 4. The molecule has 0 unspecified atom stereocenters. The third-order valence-electron chi connectivity index (χ3n) is 1.42. The Morgan fingerprint density at radius 1 is 1.15 bits per heavy atom. The highest BCUT2D eigenvalue weighted by Gasteiger charge is 2.34. The average Bonchev–Trinajstić information content (AvgIpc) is 1.78. The molecule has 1 nitrogen and oxygen atoms in total. The zero-order valence-electron chi connectivity index (χ0n) is 9.16. The molecule has 0 radical (unpaired) electrons. The van der Waals surface area contributed by atoms with E-state index >= 15 is 0 Å². The minimum Gasteiger partial charge on any atom is -0.373 e. The van der Waals surface area contributed by atoms with Crippen molar-refractivity contribution in [1.82, 2.24) is 0 Å². The molecule has 0 aromatic carbocycles. The van der Waals surface area contributed by atoms with Gasteiger partial charge in [-0.1, -0.05) is 20.8 Å². The van der Waals surface area contributed by atoms with Crippen LogP contribution in [0.25, 0.3) is 0 Å². The maximum Gasteiger partial charge on any atom is 0.271 e. The van der Waals surface area contributed by atoms with Gasteiger partial charge < -0.3 is 4.74 Å². The van der Waals surface area contributed by atoms with Crippen molar-refractivity contribution < 1.29 is 13.5 Å². The Bertz CT molecular complexity index is 147. The number of ether oxygens (including phenoxy) is 1. The molecule has 3 heteroatoms. The molecule has 0 fully saturated rings. The van der Waals surface area contributed by atoms with Crippen molar-refractivity contribution in [3.63, 3.8) is 0 Å². The van der Waals surface area contributed by atoms with Crippen LogP contribution in [0.1, 0.15) is 41.0 Å². The first-order valence-corrected chi connectivity index (χ1v) is 4.62. The quantitative estimate of drug-likeness (QED) is 0.665. The van der Waals surface area contributed by atoms with E-state index in [-0.39, 0.29) is 17.9 Å². The van der Waals surface area contributed by atoms with E-state index in [1.807, 2.05) is 0 Å². The molecule has 0 aliphatic heterocycles. The highest BCUT2D eigenvalue weighted by atomic mass is 19.3. The first-order valence-electron chi connectivity index (χ1n) is 4.62. The number of hydrogen-bond acceptors (Lipinski definition) is 1. The van der Waals surface area contributed by atoms with Crippen LogP contribution < -0.4 is 0 Å². The van der Waals surface area contributed by atoms with Gasteiger partial charge in [0.05, 0.1) is 6.10 Å². The van der Waals surface area contributed by atoms with Crippen LogP contribution in [0.5, 0.6) is 0 Å². The van der Waals surface area contributed by atoms with E-state index in [1.165, 1.54) is 0 Å². The summed E-state index contributed by atoms with van der Waals surface area (Å²) >= 11 is 0. The van der Waals surface area contributed by atoms with Crippen LogP contribution in [0, 0.1) is 5.41 Å². The van der Waals surface area contributed by atoms with Gasteiger partial charge in [-0.3, -0.25) is 0 Å². The van der Waals surface area contributed by atoms with E-state index < -0.39 is 12.5 Å². The van der Waals surface area contributed by atoms with Crippen LogP contribution in [0.3, 0.4) is 0 Å². The summed E-state index contributed by atoms with van der Waals surface area (Å²) in [4.78, 5) is 0. The van der Waals surface area contributed by atoms with Gasteiger partial charge in [0.15, 0.2) is 0 Å². The molecule has 0 heterocycles. The lowest BCUT2D eigenvalue weighted by molar-refractivity contribution is -0.112. The lowest BCUT2D eigenvalue weighted by atomic mass is 9.89. The molecule has 0 saturated carbocycles. The Balaban J connectivity index is 3.94. The molecule has 0 N–H and O–H groups in total. The second-order valence-electron chi connectivity index (χ2n) is 4.95. The van der Waals surface area contributed by atoms with Gasteiger partial charge in [0.2, 0.25) is 0 Å². The van der Waals surface area contributed by atoms with E-state index in [0.29, 0.717) is 0 Å². The smallest absolute Gasteiger partial charge is 0.271 e. The summed E-state index contributed by atoms with van der Waals surface area (Å²) < 4.78 is 31.2. The van der Waals surface area contributed by atoms with Gasteiger partial charge in [-0.05, 0) is 19.3 Å². The largest absolute Gasteiger partial charge is 0.373 e. The third-order valence-corrected chi connectivity index (χ3v) is 1.42. The first-order chi connectivity index (χ1) is 5.62. The molecule has 80 valence electrons. The summed E-state index contributed by atoms with van der Waals surface area (Å²) in [7, 11) is 0. The number of halogens is 2. The predicted octanol–water partition coefficient (Wildman–Crippen LogP) is 3.48. The van der Waals surface area contributed by atoms with Gasteiger partial charge in [-0.25, -0.2) is 8.78 Å². The molecule has 0 bridgehead atoms. The summed E-state index contributed by atoms with van der Waals surface area (Å²) in [6, 6.07) is 0. The minimum atomic E-state index is -2.71. The molecular weight excluding hydrogens is 174 g/mol. The highest BCUT2D eigenvalue weighted by molar-refractivity contribution is 4.74. The van der Waals surface area contributed by atoms with Crippen molar-refractivity contribution >= 4 is 0 Å². The van der Waals surface area contributed by atoms with Gasteiger partial charge >= 0.3 is 0 Å². The summed E-state index contributed by atoms with van der Waals surface area (Å²) in [5.41, 5.74) is -0.357. The molecule has 13 heavy (non-hydrogen) atoms. The van der Waals surface area contributed by atoms with Crippen molar-refractivity contribution in [2.24, 2.45) is 5.41 Å². The maximum atomic E-state index is 13.2. The van der Waals surface area contributed by atoms with E-state index in [2.05, 4.69) is 0 Å². The second-order valence-corrected chi connectivity index (χ2v) is 4.95. The monoisotopic (exact) mass is 194 g/mol. The SMILES string of the molecule is CC(C)OCC(F)(F)CC(C)(C)C. The zero-order valence-corrected chi connectivity index (χ0v) is 9.16. The fourth-order valence-corrected chi connectivity index (χ4v) is 1.12. The topological polar surface area (TPSA) is 9.23 Å². The predicted molar refractivity (Wildman–Crippen MR) is 50.1 cm³/mol. The Kier molecular flexibility index (Phi) is 4.30. The molecule has 0 saturated heterocycles. The Labute approximate surface area is 79.5 Å². The van der Waals surface area contributed by atoms with Crippen molar-refractivity contribution in [2.45, 2.75) is 53.1 Å². The van der Waals surface area contributed by atoms with Gasteiger partial charge in [-0.15, -0.1) is 0 Å². The lowest BCUT2D eigenvalue weighted by Crippen LogP contribution is -2.30. The van der Waals surface area contributed by atoms with Gasteiger partial charge in [0.1, 0.15) is 6.61 Å². The molecule has 0 amide bonds. The molecule has 0 aromatic heterocycles. The third kappa shape index (κ3) is 8.16. The molecule has 0 aliphatic carbocycles. The minimum absolute atomic E-state index is 0.132.